The smallest absolute Gasteiger partial charge is 0.241 e. The maximum Gasteiger partial charge on any atom is 0.241 e. The highest BCUT2D eigenvalue weighted by molar-refractivity contribution is 7.98. The molecule has 4 nitrogen and oxygen atoms in total. The van der Waals surface area contributed by atoms with E-state index in [4.69, 9.17) is 5.73 Å². The molecule has 0 aromatic heterocycles. The van der Waals surface area contributed by atoms with Gasteiger partial charge in [0.1, 0.15) is 0 Å². The van der Waals surface area contributed by atoms with Crippen LogP contribution in [-0.2, 0) is 10.0 Å². The highest BCUT2D eigenvalue weighted by atomic mass is 32.2. The summed E-state index contributed by atoms with van der Waals surface area (Å²) in [5.41, 5.74) is 5.43. The molecule has 0 bridgehead atoms. The lowest BCUT2D eigenvalue weighted by atomic mass is 9.74. The molecule has 0 amide bonds. The van der Waals surface area contributed by atoms with Crippen LogP contribution in [0.2, 0.25) is 0 Å². The van der Waals surface area contributed by atoms with Gasteiger partial charge in [-0.05, 0) is 43.2 Å². The van der Waals surface area contributed by atoms with Crippen molar-refractivity contribution in [3.8, 4) is 0 Å². The van der Waals surface area contributed by atoms with Crippen molar-refractivity contribution >= 4 is 21.8 Å². The molecule has 0 saturated heterocycles. The van der Waals surface area contributed by atoms with Crippen LogP contribution in [0.15, 0.2) is 34.1 Å². The number of hydrogen-bond donors (Lipinski definition) is 2. The minimum atomic E-state index is -3.54. The second kappa shape index (κ2) is 6.69. The maximum atomic E-state index is 12.7. The van der Waals surface area contributed by atoms with Crippen LogP contribution >= 0.6 is 11.8 Å². The van der Waals surface area contributed by atoms with E-state index in [0.717, 1.165) is 30.6 Å². The van der Waals surface area contributed by atoms with Crippen LogP contribution in [0.25, 0.3) is 0 Å². The van der Waals surface area contributed by atoms with Gasteiger partial charge in [0, 0.05) is 17.0 Å². The number of thioether (sulfide) groups is 1. The molecule has 0 radical (unpaired) electrons. The summed E-state index contributed by atoms with van der Waals surface area (Å²) in [4.78, 5) is 1.26. The summed E-state index contributed by atoms with van der Waals surface area (Å²) < 4.78 is 28.3. The molecule has 21 heavy (non-hydrogen) atoms. The normalized spacial score (nSPS) is 26.7. The first-order valence-electron chi connectivity index (χ1n) is 7.31. The van der Waals surface area contributed by atoms with Gasteiger partial charge in [-0.15, -0.1) is 11.8 Å². The zero-order valence-electron chi connectivity index (χ0n) is 12.6. The van der Waals surface area contributed by atoms with Crippen molar-refractivity contribution in [2.24, 2.45) is 11.7 Å². The van der Waals surface area contributed by atoms with Crippen LogP contribution < -0.4 is 10.5 Å². The lowest BCUT2D eigenvalue weighted by Gasteiger charge is -2.42. The predicted octanol–water partition coefficient (Wildman–Crippen LogP) is 2.59. The van der Waals surface area contributed by atoms with Crippen LogP contribution in [-0.4, -0.2) is 26.8 Å². The van der Waals surface area contributed by atoms with Gasteiger partial charge in [0.25, 0.3) is 0 Å². The molecular weight excluding hydrogens is 304 g/mol. The van der Waals surface area contributed by atoms with Crippen LogP contribution in [0, 0.1) is 5.92 Å². The van der Waals surface area contributed by atoms with Crippen molar-refractivity contribution in [1.29, 1.82) is 0 Å². The molecule has 118 valence electrons. The van der Waals surface area contributed by atoms with Crippen molar-refractivity contribution in [1.82, 2.24) is 4.72 Å². The van der Waals surface area contributed by atoms with Gasteiger partial charge < -0.3 is 5.73 Å². The summed E-state index contributed by atoms with van der Waals surface area (Å²) in [6.45, 7) is 2.43. The van der Waals surface area contributed by atoms with Gasteiger partial charge in [-0.2, -0.15) is 0 Å². The Bertz CT molecular complexity index is 589. The molecule has 3 N–H and O–H groups in total. The third-order valence-corrected chi connectivity index (χ3v) is 6.78. The predicted molar refractivity (Wildman–Crippen MR) is 88.0 cm³/mol. The fraction of sp³-hybridized carbons (Fsp3) is 0.600. The largest absolute Gasteiger partial charge is 0.329 e. The molecule has 0 spiro atoms. The van der Waals surface area contributed by atoms with Crippen molar-refractivity contribution in [3.63, 3.8) is 0 Å². The summed E-state index contributed by atoms with van der Waals surface area (Å²) in [6, 6.07) is 7.04. The van der Waals surface area contributed by atoms with Gasteiger partial charge in [-0.1, -0.05) is 25.8 Å². The van der Waals surface area contributed by atoms with Crippen molar-refractivity contribution in [2.75, 3.05) is 12.8 Å². The van der Waals surface area contributed by atoms with Gasteiger partial charge >= 0.3 is 0 Å². The van der Waals surface area contributed by atoms with Crippen LogP contribution in [0.3, 0.4) is 0 Å². The molecule has 1 aliphatic carbocycles. The molecular formula is C15H24N2O2S2. The van der Waals surface area contributed by atoms with E-state index in [-0.39, 0.29) is 5.92 Å². The van der Waals surface area contributed by atoms with Crippen molar-refractivity contribution in [2.45, 2.75) is 47.9 Å². The van der Waals surface area contributed by atoms with E-state index in [9.17, 15) is 8.42 Å². The molecule has 2 rings (SSSR count). The number of benzene rings is 1. The van der Waals surface area contributed by atoms with E-state index in [1.165, 1.54) is 11.8 Å². The highest BCUT2D eigenvalue weighted by Crippen LogP contribution is 2.34. The topological polar surface area (TPSA) is 72.2 Å². The lowest BCUT2D eigenvalue weighted by Crippen LogP contribution is -2.58. The van der Waals surface area contributed by atoms with Gasteiger partial charge in [-0.3, -0.25) is 0 Å². The molecule has 1 aromatic rings. The van der Waals surface area contributed by atoms with E-state index in [0.29, 0.717) is 11.4 Å². The van der Waals surface area contributed by atoms with E-state index >= 15 is 0 Å². The summed E-state index contributed by atoms with van der Waals surface area (Å²) >= 11 is 1.53. The third-order valence-electron chi connectivity index (χ3n) is 4.51. The van der Waals surface area contributed by atoms with Gasteiger partial charge in [0.05, 0.1) is 4.90 Å². The van der Waals surface area contributed by atoms with E-state index in [2.05, 4.69) is 11.6 Å². The number of nitrogens with one attached hydrogen (secondary N) is 1. The monoisotopic (exact) mass is 328 g/mol. The number of nitrogens with two attached hydrogens (primary N) is 1. The Morgan fingerprint density at radius 3 is 2.81 bits per heavy atom. The first kappa shape index (κ1) is 16.8. The van der Waals surface area contributed by atoms with E-state index in [1.54, 1.807) is 18.2 Å². The summed E-state index contributed by atoms with van der Waals surface area (Å²) in [5.74, 6) is 0.259. The van der Waals surface area contributed by atoms with E-state index < -0.39 is 15.6 Å². The fourth-order valence-corrected chi connectivity index (χ4v) is 5.12. The number of sulfonamides is 1. The minimum Gasteiger partial charge on any atom is -0.329 e. The Kier molecular flexibility index (Phi) is 5.35. The fourth-order valence-electron chi connectivity index (χ4n) is 3.01. The Morgan fingerprint density at radius 1 is 1.43 bits per heavy atom. The minimum absolute atomic E-state index is 0.259. The van der Waals surface area contributed by atoms with Crippen molar-refractivity contribution < 1.29 is 8.42 Å². The average Bonchev–Trinajstić information content (AvgIpc) is 2.49. The molecule has 1 aliphatic rings. The first-order chi connectivity index (χ1) is 9.93. The van der Waals surface area contributed by atoms with Gasteiger partial charge in [0.15, 0.2) is 0 Å². The quantitative estimate of drug-likeness (QED) is 0.815. The van der Waals surface area contributed by atoms with Crippen LogP contribution in [0.1, 0.15) is 32.6 Å². The molecule has 0 heterocycles. The van der Waals surface area contributed by atoms with Gasteiger partial charge in [0.2, 0.25) is 10.0 Å². The van der Waals surface area contributed by atoms with Crippen LogP contribution in [0.5, 0.6) is 0 Å². The second-order valence-electron chi connectivity index (χ2n) is 5.79. The van der Waals surface area contributed by atoms with Crippen LogP contribution in [0.4, 0.5) is 0 Å². The van der Waals surface area contributed by atoms with Crippen molar-refractivity contribution in [3.05, 3.63) is 24.3 Å². The highest BCUT2D eigenvalue weighted by Gasteiger charge is 2.40. The summed E-state index contributed by atoms with van der Waals surface area (Å²) in [7, 11) is -3.54. The third kappa shape index (κ3) is 3.62. The Balaban J connectivity index is 2.30. The molecule has 2 unspecified atom stereocenters. The Labute approximate surface area is 131 Å². The van der Waals surface area contributed by atoms with Gasteiger partial charge in [-0.25, -0.2) is 13.1 Å². The van der Waals surface area contributed by atoms with E-state index in [1.807, 2.05) is 12.3 Å². The molecule has 1 fully saturated rings. The zero-order chi connectivity index (χ0) is 15.5. The molecule has 1 saturated carbocycles. The average molecular weight is 329 g/mol. The summed E-state index contributed by atoms with van der Waals surface area (Å²) in [6.07, 6.45) is 5.93. The number of rotatable bonds is 5. The Morgan fingerprint density at radius 2 is 2.19 bits per heavy atom. The molecule has 2 atom stereocenters. The lowest BCUT2D eigenvalue weighted by molar-refractivity contribution is 0.191. The molecule has 0 aliphatic heterocycles. The maximum absolute atomic E-state index is 12.7. The standard InChI is InChI=1S/C15H24N2O2S2/c1-12-6-3-4-9-15(12,11-16)17-21(18,19)14-8-5-7-13(10-14)20-2/h5,7-8,10,12,17H,3-4,6,9,11,16H2,1-2H3. The summed E-state index contributed by atoms with van der Waals surface area (Å²) in [5, 5.41) is 0. The zero-order valence-corrected chi connectivity index (χ0v) is 14.3. The SMILES string of the molecule is CSc1cccc(S(=O)(=O)NC2(CN)CCCCC2C)c1. The molecule has 6 heteroatoms. The second-order valence-corrected chi connectivity index (χ2v) is 8.35. The number of hydrogen-bond acceptors (Lipinski definition) is 4. The Hall–Kier alpha value is -0.560. The molecule has 1 aromatic carbocycles. The first-order valence-corrected chi connectivity index (χ1v) is 10.0.